The van der Waals surface area contributed by atoms with Crippen LogP contribution in [0.15, 0.2) is 114 Å². The molecule has 0 saturated heterocycles. The van der Waals surface area contributed by atoms with E-state index in [9.17, 15) is 13.2 Å². The summed E-state index contributed by atoms with van der Waals surface area (Å²) in [6, 6.07) is 32.4. The van der Waals surface area contributed by atoms with Gasteiger partial charge in [0.05, 0.1) is 0 Å². The van der Waals surface area contributed by atoms with E-state index < -0.39 is 22.9 Å². The Kier molecular flexibility index (Phi) is 6.65. The molecule has 0 aliphatic carbocycles. The number of ether oxygens (including phenoxy) is 1. The van der Waals surface area contributed by atoms with Crippen LogP contribution in [0.2, 0.25) is 0 Å². The molecule has 0 N–H and O–H groups in total. The molecule has 4 aromatic rings. The van der Waals surface area contributed by atoms with Crippen LogP contribution in [0.3, 0.4) is 0 Å². The standard InChI is InChI=1S/C28H27O5PS/c1-22-14-20-28(21-15-22)35(30,31)33-34(3,25-10-6-4-7-11-25,26-12-8-5-9-13-26)27-18-16-24(17-19-27)32-23(2)29/h4-21H,1-3H3. The van der Waals surface area contributed by atoms with Crippen molar-refractivity contribution in [2.24, 2.45) is 0 Å². The summed E-state index contributed by atoms with van der Waals surface area (Å²) in [7, 11) is -4.19. The Labute approximate surface area is 206 Å². The summed E-state index contributed by atoms with van der Waals surface area (Å²) >= 11 is 0. The molecule has 0 aromatic heterocycles. The van der Waals surface area contributed by atoms with E-state index in [0.717, 1.165) is 16.2 Å². The van der Waals surface area contributed by atoms with Gasteiger partial charge in [0.15, 0.2) is 0 Å². The van der Waals surface area contributed by atoms with Crippen molar-refractivity contribution in [1.29, 1.82) is 0 Å². The summed E-state index contributed by atoms with van der Waals surface area (Å²) in [5.41, 5.74) is 0.949. The molecule has 35 heavy (non-hydrogen) atoms. The van der Waals surface area contributed by atoms with Crippen LogP contribution in [0.25, 0.3) is 0 Å². The van der Waals surface area contributed by atoms with E-state index in [1.54, 1.807) is 48.5 Å². The van der Waals surface area contributed by atoms with Crippen molar-refractivity contribution < 1.29 is 21.9 Å². The number of carbonyl (C=O) groups excluding carboxylic acids is 1. The molecule has 0 radical (unpaired) electrons. The fourth-order valence-corrected chi connectivity index (χ4v) is 11.5. The van der Waals surface area contributed by atoms with Crippen molar-refractivity contribution in [3.05, 3.63) is 115 Å². The molecule has 0 bridgehead atoms. The van der Waals surface area contributed by atoms with Crippen LogP contribution in [-0.2, 0) is 18.9 Å². The van der Waals surface area contributed by atoms with E-state index >= 15 is 0 Å². The molecule has 0 unspecified atom stereocenters. The van der Waals surface area contributed by atoms with Gasteiger partial charge < -0.3 is 0 Å². The van der Waals surface area contributed by atoms with Crippen LogP contribution >= 0.6 is 6.83 Å². The first kappa shape index (κ1) is 24.8. The Balaban J connectivity index is 2.03. The average molecular weight is 507 g/mol. The van der Waals surface area contributed by atoms with Gasteiger partial charge in [0.1, 0.15) is 0 Å². The second kappa shape index (κ2) is 9.38. The number of esters is 1. The fourth-order valence-electron chi connectivity index (χ4n) is 4.18. The zero-order valence-corrected chi connectivity index (χ0v) is 21.5. The molecule has 4 aromatic carbocycles. The number of hydrogen-bond acceptors (Lipinski definition) is 5. The van der Waals surface area contributed by atoms with Crippen LogP contribution in [0.1, 0.15) is 12.5 Å². The Bertz CT molecular complexity index is 1390. The molecule has 0 aliphatic heterocycles. The van der Waals surface area contributed by atoms with E-state index in [0.29, 0.717) is 11.1 Å². The van der Waals surface area contributed by atoms with E-state index in [2.05, 4.69) is 0 Å². The Hall–Kier alpha value is -3.31. The summed E-state index contributed by atoms with van der Waals surface area (Å²) in [6.07, 6.45) is 0. The van der Waals surface area contributed by atoms with E-state index in [4.69, 9.17) is 8.71 Å². The van der Waals surface area contributed by atoms with Crippen molar-refractivity contribution in [3.63, 3.8) is 0 Å². The van der Waals surface area contributed by atoms with Crippen LogP contribution in [0.5, 0.6) is 5.75 Å². The normalized spacial score (nSPS) is 12.9. The van der Waals surface area contributed by atoms with Crippen LogP contribution in [0, 0.1) is 6.92 Å². The van der Waals surface area contributed by atoms with Crippen molar-refractivity contribution in [1.82, 2.24) is 0 Å². The molecule has 7 heteroatoms. The zero-order valence-electron chi connectivity index (χ0n) is 19.8. The van der Waals surface area contributed by atoms with Gasteiger partial charge in [-0.1, -0.05) is 0 Å². The summed E-state index contributed by atoms with van der Waals surface area (Å²) in [6.45, 7) is 1.05. The Morgan fingerprint density at radius 1 is 0.686 bits per heavy atom. The third-order valence-electron chi connectivity index (χ3n) is 6.07. The molecular formula is C28H27O5PS. The number of carbonyl (C=O) groups is 1. The monoisotopic (exact) mass is 506 g/mol. The van der Waals surface area contributed by atoms with Crippen LogP contribution < -0.4 is 20.7 Å². The van der Waals surface area contributed by atoms with Gasteiger partial charge in [-0.3, -0.25) is 0 Å². The molecule has 0 saturated carbocycles. The van der Waals surface area contributed by atoms with Gasteiger partial charge in [0.2, 0.25) is 0 Å². The predicted octanol–water partition coefficient (Wildman–Crippen LogP) is 4.70. The minimum atomic E-state index is -4.19. The Morgan fingerprint density at radius 3 is 1.60 bits per heavy atom. The number of aryl methyl sites for hydroxylation is 1. The maximum atomic E-state index is 13.8. The molecule has 0 heterocycles. The Morgan fingerprint density at radius 2 is 1.14 bits per heavy atom. The molecule has 0 fully saturated rings. The van der Waals surface area contributed by atoms with Crippen molar-refractivity contribution in [2.45, 2.75) is 18.7 Å². The number of hydrogen-bond donors (Lipinski definition) is 0. The van der Waals surface area contributed by atoms with Crippen LogP contribution in [-0.4, -0.2) is 21.1 Å². The van der Waals surface area contributed by atoms with Gasteiger partial charge >= 0.3 is 207 Å². The molecule has 0 aliphatic rings. The van der Waals surface area contributed by atoms with Crippen molar-refractivity contribution in [3.8, 4) is 5.75 Å². The van der Waals surface area contributed by atoms with Gasteiger partial charge in [-0.05, 0) is 0 Å². The van der Waals surface area contributed by atoms with E-state index in [1.807, 2.05) is 74.3 Å². The fraction of sp³-hybridized carbons (Fsp3) is 0.107. The first-order valence-corrected chi connectivity index (χ1v) is 15.1. The van der Waals surface area contributed by atoms with E-state index in [1.165, 1.54) is 6.92 Å². The molecule has 4 rings (SSSR count). The second-order valence-electron chi connectivity index (χ2n) is 8.56. The van der Waals surface area contributed by atoms with Gasteiger partial charge in [0, 0.05) is 0 Å². The third kappa shape index (κ3) is 4.65. The molecule has 5 nitrogen and oxygen atoms in total. The second-order valence-corrected chi connectivity index (χ2v) is 15.0. The topological polar surface area (TPSA) is 69.7 Å². The first-order valence-electron chi connectivity index (χ1n) is 11.1. The summed E-state index contributed by atoms with van der Waals surface area (Å²) < 4.78 is 39.4. The SMILES string of the molecule is CC(=O)Oc1ccc(P(C)(OS(=O)(=O)c2ccc(C)cc2)(c2ccccc2)c2ccccc2)cc1. The zero-order chi connectivity index (χ0) is 25.1. The van der Waals surface area contributed by atoms with Crippen molar-refractivity contribution in [2.75, 3.05) is 6.66 Å². The molecule has 180 valence electrons. The van der Waals surface area contributed by atoms with Gasteiger partial charge in [0.25, 0.3) is 0 Å². The predicted molar refractivity (Wildman–Crippen MR) is 142 cm³/mol. The quantitative estimate of drug-likeness (QED) is 0.207. The minimum absolute atomic E-state index is 0.0855. The number of benzene rings is 4. The summed E-state index contributed by atoms with van der Waals surface area (Å²) in [5.74, 6) is -0.0649. The van der Waals surface area contributed by atoms with Crippen molar-refractivity contribution >= 4 is 38.8 Å². The number of rotatable bonds is 7. The molecular weight excluding hydrogens is 479 g/mol. The first-order chi connectivity index (χ1) is 16.6. The maximum absolute atomic E-state index is 13.8. The molecule has 0 amide bonds. The summed E-state index contributed by atoms with van der Waals surface area (Å²) in [4.78, 5) is 11.5. The summed E-state index contributed by atoms with van der Waals surface area (Å²) in [5, 5.41) is 2.18. The third-order valence-corrected chi connectivity index (χ3v) is 13.8. The molecule has 0 spiro atoms. The average Bonchev–Trinajstić information content (AvgIpc) is 2.85. The van der Waals surface area contributed by atoms with Gasteiger partial charge in [-0.2, -0.15) is 0 Å². The van der Waals surface area contributed by atoms with Gasteiger partial charge in [-0.25, -0.2) is 0 Å². The molecule has 0 atom stereocenters. The van der Waals surface area contributed by atoms with Gasteiger partial charge in [-0.15, -0.1) is 0 Å². The van der Waals surface area contributed by atoms with Crippen LogP contribution in [0.4, 0.5) is 0 Å². The van der Waals surface area contributed by atoms with E-state index in [-0.39, 0.29) is 4.90 Å².